The maximum Gasteiger partial charge on any atom is 0.167 e. The molecule has 1 aromatic carbocycles. The number of ketones is 2. The molecule has 0 heterocycles. The molecular weight excluding hydrogens is 375 g/mol. The van der Waals surface area contributed by atoms with E-state index in [1.54, 1.807) is 24.3 Å². The molecule has 0 bridgehead atoms. The fourth-order valence-corrected chi connectivity index (χ4v) is 2.78. The van der Waals surface area contributed by atoms with Crippen LogP contribution in [0.2, 0.25) is 0 Å². The zero-order chi connectivity index (χ0) is 17.5. The van der Waals surface area contributed by atoms with Gasteiger partial charge in [-0.1, -0.05) is 22.0 Å². The number of benzene rings is 1. The third kappa shape index (κ3) is 5.71. The van der Waals surface area contributed by atoms with Crippen LogP contribution in [0.3, 0.4) is 0 Å². The van der Waals surface area contributed by atoms with Crippen LogP contribution in [0.1, 0.15) is 49.4 Å². The van der Waals surface area contributed by atoms with Crippen molar-refractivity contribution in [1.29, 1.82) is 0 Å². The molecule has 0 saturated carbocycles. The van der Waals surface area contributed by atoms with Gasteiger partial charge in [0.25, 0.3) is 0 Å². The first-order valence-electron chi connectivity index (χ1n) is 7.95. The number of rotatable bonds is 7. The van der Waals surface area contributed by atoms with Crippen molar-refractivity contribution in [3.05, 3.63) is 51.8 Å². The van der Waals surface area contributed by atoms with Gasteiger partial charge in [0.2, 0.25) is 0 Å². The minimum Gasteiger partial charge on any atom is -0.488 e. The number of allylic oxidation sites excluding steroid dienone is 3. The fourth-order valence-electron chi connectivity index (χ4n) is 2.42. The lowest BCUT2D eigenvalue weighted by Gasteiger charge is -2.13. The number of Topliss-reactive ketones (excluding diaryl/α,β-unsaturated/α-hetero) is 2. The van der Waals surface area contributed by atoms with Crippen LogP contribution >= 0.6 is 15.9 Å². The van der Waals surface area contributed by atoms with Crippen molar-refractivity contribution < 1.29 is 18.7 Å². The monoisotopic (exact) mass is 394 g/mol. The first-order valence-corrected chi connectivity index (χ1v) is 8.74. The second-order valence-electron chi connectivity index (χ2n) is 5.85. The Bertz CT molecular complexity index is 692. The van der Waals surface area contributed by atoms with Crippen LogP contribution in [0.4, 0.5) is 4.39 Å². The van der Waals surface area contributed by atoms with Crippen LogP contribution in [0.25, 0.3) is 0 Å². The molecule has 0 radical (unpaired) electrons. The Balaban J connectivity index is 2.09. The lowest BCUT2D eigenvalue weighted by molar-refractivity contribution is -0.116. The largest absolute Gasteiger partial charge is 0.488 e. The number of carbonyl (C=O) groups excluding carboxylic acids is 2. The van der Waals surface area contributed by atoms with Gasteiger partial charge in [0.1, 0.15) is 18.1 Å². The molecule has 0 unspecified atom stereocenters. The van der Waals surface area contributed by atoms with Crippen molar-refractivity contribution in [2.45, 2.75) is 39.0 Å². The molecule has 0 aliphatic heterocycles. The van der Waals surface area contributed by atoms with Crippen LogP contribution in [0, 0.1) is 0 Å². The molecule has 0 fully saturated rings. The third-order valence-electron chi connectivity index (χ3n) is 3.77. The highest BCUT2D eigenvalue weighted by Gasteiger charge is 2.15. The summed E-state index contributed by atoms with van der Waals surface area (Å²) in [5.74, 6) is 0.232. The molecule has 0 spiro atoms. The highest BCUT2D eigenvalue weighted by atomic mass is 79.9. The van der Waals surface area contributed by atoms with Gasteiger partial charge in [-0.3, -0.25) is 4.79 Å². The van der Waals surface area contributed by atoms with Gasteiger partial charge in [0, 0.05) is 17.3 Å². The van der Waals surface area contributed by atoms with Gasteiger partial charge in [-0.15, -0.1) is 0 Å². The molecule has 1 aliphatic carbocycles. The zero-order valence-corrected chi connectivity index (χ0v) is 15.2. The molecule has 5 heteroatoms. The van der Waals surface area contributed by atoms with Crippen LogP contribution in [-0.4, -0.2) is 18.2 Å². The lowest BCUT2D eigenvalue weighted by atomic mass is 10.0. The van der Waals surface area contributed by atoms with Crippen LogP contribution < -0.4 is 4.74 Å². The summed E-state index contributed by atoms with van der Waals surface area (Å²) in [5.41, 5.74) is 1.45. The van der Waals surface area contributed by atoms with Gasteiger partial charge in [0.15, 0.2) is 5.78 Å². The third-order valence-corrected chi connectivity index (χ3v) is 4.27. The van der Waals surface area contributed by atoms with Gasteiger partial charge >= 0.3 is 0 Å². The molecule has 24 heavy (non-hydrogen) atoms. The minimum atomic E-state index is -0.123. The van der Waals surface area contributed by atoms with Crippen LogP contribution in [0.5, 0.6) is 5.75 Å². The minimum absolute atomic E-state index is 0.0155. The van der Waals surface area contributed by atoms with E-state index in [1.807, 2.05) is 0 Å². The smallest absolute Gasteiger partial charge is 0.167 e. The predicted molar refractivity (Wildman–Crippen MR) is 95.0 cm³/mol. The standard InChI is InChI=1S/C19H20BrFO3/c1-13(22)5-9-18(23)17-11-15(20)7-10-19(17)24-12-14-3-2-4-16(21)8-6-14/h6-8,10-11H,2-5,9,12H2,1H3. The summed E-state index contributed by atoms with van der Waals surface area (Å²) in [7, 11) is 0. The van der Waals surface area contributed by atoms with Crippen LogP contribution in [0.15, 0.2) is 46.2 Å². The van der Waals surface area contributed by atoms with Gasteiger partial charge in [0.05, 0.1) is 11.4 Å². The van der Waals surface area contributed by atoms with Crippen molar-refractivity contribution in [2.24, 2.45) is 0 Å². The summed E-state index contributed by atoms with van der Waals surface area (Å²) in [6.45, 7) is 1.79. The molecule has 3 nitrogen and oxygen atoms in total. The van der Waals surface area contributed by atoms with Gasteiger partial charge < -0.3 is 9.53 Å². The van der Waals surface area contributed by atoms with E-state index in [9.17, 15) is 14.0 Å². The first kappa shape index (κ1) is 18.6. The molecule has 0 N–H and O–H groups in total. The van der Waals surface area contributed by atoms with E-state index in [2.05, 4.69) is 15.9 Å². The molecule has 1 aliphatic rings. The number of hydrogen-bond donors (Lipinski definition) is 0. The number of halogens is 2. The maximum atomic E-state index is 13.2. The highest BCUT2D eigenvalue weighted by Crippen LogP contribution is 2.26. The van der Waals surface area contributed by atoms with E-state index >= 15 is 0 Å². The summed E-state index contributed by atoms with van der Waals surface area (Å²) < 4.78 is 19.8. The molecule has 2 rings (SSSR count). The van der Waals surface area contributed by atoms with E-state index in [-0.39, 0.29) is 30.2 Å². The Hall–Kier alpha value is -1.75. The molecular formula is C19H20BrFO3. The Morgan fingerprint density at radius 3 is 2.75 bits per heavy atom. The van der Waals surface area contributed by atoms with Crippen molar-refractivity contribution in [1.82, 2.24) is 0 Å². The van der Waals surface area contributed by atoms with Crippen molar-refractivity contribution >= 4 is 27.5 Å². The fraction of sp³-hybridized carbons (Fsp3) is 0.368. The molecule has 0 aromatic heterocycles. The van der Waals surface area contributed by atoms with E-state index in [0.29, 0.717) is 24.3 Å². The summed E-state index contributed by atoms with van der Waals surface area (Å²) in [6.07, 6.45) is 5.59. The van der Waals surface area contributed by atoms with Crippen LogP contribution in [-0.2, 0) is 4.79 Å². The number of hydrogen-bond acceptors (Lipinski definition) is 3. The van der Waals surface area contributed by atoms with E-state index in [0.717, 1.165) is 22.9 Å². The van der Waals surface area contributed by atoms with E-state index < -0.39 is 0 Å². The predicted octanol–water partition coefficient (Wildman–Crippen LogP) is 5.34. The Labute approximate surface area is 149 Å². The molecule has 128 valence electrons. The van der Waals surface area contributed by atoms with Crippen molar-refractivity contribution in [3.63, 3.8) is 0 Å². The maximum absolute atomic E-state index is 13.2. The quantitative estimate of drug-likeness (QED) is 0.585. The lowest BCUT2D eigenvalue weighted by Crippen LogP contribution is -2.08. The highest BCUT2D eigenvalue weighted by molar-refractivity contribution is 9.10. The average Bonchev–Trinajstić information content (AvgIpc) is 2.75. The normalized spacial score (nSPS) is 14.5. The van der Waals surface area contributed by atoms with Gasteiger partial charge in [-0.05, 0) is 56.0 Å². The second kappa shape index (κ2) is 8.92. The summed E-state index contributed by atoms with van der Waals surface area (Å²) in [6, 6.07) is 5.25. The SMILES string of the molecule is CC(=O)CCC(=O)c1cc(Br)ccc1OCC1=CC=C(F)CCC1. The number of ether oxygens (including phenoxy) is 1. The van der Waals surface area contributed by atoms with E-state index in [4.69, 9.17) is 4.74 Å². The Kier molecular flexibility index (Phi) is 6.91. The molecule has 1 aromatic rings. The second-order valence-corrected chi connectivity index (χ2v) is 6.76. The number of carbonyl (C=O) groups is 2. The molecule has 0 saturated heterocycles. The van der Waals surface area contributed by atoms with E-state index in [1.165, 1.54) is 13.0 Å². The topological polar surface area (TPSA) is 43.4 Å². The molecule has 0 atom stereocenters. The van der Waals surface area contributed by atoms with Gasteiger partial charge in [-0.25, -0.2) is 4.39 Å². The first-order chi connectivity index (χ1) is 11.5. The zero-order valence-electron chi connectivity index (χ0n) is 13.6. The Morgan fingerprint density at radius 1 is 1.21 bits per heavy atom. The summed E-state index contributed by atoms with van der Waals surface area (Å²) in [5, 5.41) is 0. The molecule has 0 amide bonds. The Morgan fingerprint density at radius 2 is 2.00 bits per heavy atom. The van der Waals surface area contributed by atoms with Crippen molar-refractivity contribution in [3.8, 4) is 5.75 Å². The van der Waals surface area contributed by atoms with Gasteiger partial charge in [-0.2, -0.15) is 0 Å². The van der Waals surface area contributed by atoms with Crippen molar-refractivity contribution in [2.75, 3.05) is 6.61 Å². The summed E-state index contributed by atoms with van der Waals surface area (Å²) >= 11 is 3.35. The summed E-state index contributed by atoms with van der Waals surface area (Å²) in [4.78, 5) is 23.4. The average molecular weight is 395 g/mol.